The van der Waals surface area contributed by atoms with Crippen LogP contribution in [0, 0.1) is 0 Å². The van der Waals surface area contributed by atoms with E-state index >= 15 is 0 Å². The number of phenols is 1. The maximum atomic E-state index is 10.4. The Hall–Kier alpha value is -1.69. The molecule has 0 bridgehead atoms. The molecule has 1 unspecified atom stereocenters. The Morgan fingerprint density at radius 3 is 2.84 bits per heavy atom. The molecule has 0 spiro atoms. The third-order valence-electron chi connectivity index (χ3n) is 3.54. The first-order chi connectivity index (χ1) is 9.27. The number of benzene rings is 1. The monoisotopic (exact) mass is 259 g/mol. The topological polar surface area (TPSA) is 71.6 Å². The Morgan fingerprint density at radius 2 is 2.05 bits per heavy atom. The molecule has 3 N–H and O–H groups in total. The molecule has 1 aromatic carbocycles. The van der Waals surface area contributed by atoms with Gasteiger partial charge in [0.15, 0.2) is 0 Å². The number of morpholine rings is 1. The largest absolute Gasteiger partial charge is 0.505 e. The predicted molar refractivity (Wildman–Crippen MR) is 72.7 cm³/mol. The van der Waals surface area contributed by atoms with Gasteiger partial charge in [0.05, 0.1) is 19.4 Å². The summed E-state index contributed by atoms with van der Waals surface area (Å²) in [5.74, 6) is 0.178. The van der Waals surface area contributed by atoms with Gasteiger partial charge in [-0.3, -0.25) is 9.88 Å². The Labute approximate surface area is 111 Å². The number of aromatic hydroxyl groups is 1. The molecule has 100 valence electrons. The second-order valence-electron chi connectivity index (χ2n) is 4.67. The lowest BCUT2D eigenvalue weighted by molar-refractivity contribution is 0.0169. The van der Waals surface area contributed by atoms with E-state index in [4.69, 9.17) is 10.5 Å². The van der Waals surface area contributed by atoms with Crippen LogP contribution < -0.4 is 5.73 Å². The van der Waals surface area contributed by atoms with Gasteiger partial charge in [-0.2, -0.15) is 0 Å². The number of ether oxygens (including phenoxy) is 1. The van der Waals surface area contributed by atoms with Crippen molar-refractivity contribution < 1.29 is 9.84 Å². The van der Waals surface area contributed by atoms with Crippen molar-refractivity contribution in [2.45, 2.75) is 6.17 Å². The highest BCUT2D eigenvalue weighted by atomic mass is 16.5. The molecule has 0 amide bonds. The van der Waals surface area contributed by atoms with Crippen LogP contribution in [0.3, 0.4) is 0 Å². The van der Waals surface area contributed by atoms with Crippen LogP contribution in [0.15, 0.2) is 30.5 Å². The average Bonchev–Trinajstić information content (AvgIpc) is 2.48. The number of pyridine rings is 1. The van der Waals surface area contributed by atoms with Crippen molar-refractivity contribution in [1.82, 2.24) is 9.88 Å². The Bertz CT molecular complexity index is 582. The van der Waals surface area contributed by atoms with Crippen LogP contribution in [0.5, 0.6) is 5.75 Å². The number of aromatic nitrogens is 1. The van der Waals surface area contributed by atoms with Crippen molar-refractivity contribution in [3.8, 4) is 5.75 Å². The molecule has 0 aliphatic carbocycles. The molecule has 5 heteroatoms. The first kappa shape index (κ1) is 12.3. The lowest BCUT2D eigenvalue weighted by Crippen LogP contribution is -2.42. The number of hydrogen-bond acceptors (Lipinski definition) is 5. The van der Waals surface area contributed by atoms with Crippen LogP contribution in [-0.2, 0) is 4.74 Å². The van der Waals surface area contributed by atoms with E-state index in [1.54, 1.807) is 6.20 Å². The van der Waals surface area contributed by atoms with E-state index in [9.17, 15) is 5.11 Å². The third kappa shape index (κ3) is 2.28. The van der Waals surface area contributed by atoms with Gasteiger partial charge in [-0.05, 0) is 6.07 Å². The molecule has 2 aromatic rings. The summed E-state index contributed by atoms with van der Waals surface area (Å²) in [5, 5.41) is 11.3. The summed E-state index contributed by atoms with van der Waals surface area (Å²) >= 11 is 0. The number of rotatable bonds is 2. The Kier molecular flexibility index (Phi) is 3.33. The lowest BCUT2D eigenvalue weighted by Gasteiger charge is -2.32. The average molecular weight is 259 g/mol. The number of phenolic OH excluding ortho intramolecular Hbond substituents is 1. The van der Waals surface area contributed by atoms with E-state index in [-0.39, 0.29) is 11.9 Å². The van der Waals surface area contributed by atoms with Gasteiger partial charge < -0.3 is 15.6 Å². The molecule has 1 atom stereocenters. The number of nitrogens with zero attached hydrogens (tertiary/aromatic N) is 2. The van der Waals surface area contributed by atoms with Crippen LogP contribution in [0.25, 0.3) is 10.9 Å². The van der Waals surface area contributed by atoms with Crippen LogP contribution in [-0.4, -0.2) is 41.3 Å². The predicted octanol–water partition coefficient (Wildman–Crippen LogP) is 1.23. The molecular formula is C14H17N3O2. The quantitative estimate of drug-likeness (QED) is 0.848. The summed E-state index contributed by atoms with van der Waals surface area (Å²) in [6.45, 7) is 2.92. The van der Waals surface area contributed by atoms with Crippen molar-refractivity contribution in [2.24, 2.45) is 5.73 Å². The zero-order valence-electron chi connectivity index (χ0n) is 10.6. The minimum absolute atomic E-state index is 0.178. The normalized spacial score (nSPS) is 18.6. The number of hydrogen-bond donors (Lipinski definition) is 2. The highest BCUT2D eigenvalue weighted by Crippen LogP contribution is 2.31. The highest BCUT2D eigenvalue weighted by molar-refractivity contribution is 5.85. The van der Waals surface area contributed by atoms with E-state index in [0.717, 1.165) is 18.5 Å². The molecule has 1 saturated heterocycles. The van der Waals surface area contributed by atoms with Crippen molar-refractivity contribution in [3.63, 3.8) is 0 Å². The van der Waals surface area contributed by atoms with Gasteiger partial charge in [0.25, 0.3) is 0 Å². The van der Waals surface area contributed by atoms with Crippen molar-refractivity contribution in [2.75, 3.05) is 26.3 Å². The van der Waals surface area contributed by atoms with Gasteiger partial charge in [-0.1, -0.05) is 18.2 Å². The summed E-state index contributed by atoms with van der Waals surface area (Å²) in [4.78, 5) is 6.32. The first-order valence-electron chi connectivity index (χ1n) is 6.41. The molecule has 0 saturated carbocycles. The summed E-state index contributed by atoms with van der Waals surface area (Å²) in [5.41, 5.74) is 7.56. The third-order valence-corrected chi connectivity index (χ3v) is 3.54. The number of fused-ring (bicyclic) bond motifs is 1. The molecule has 1 aromatic heterocycles. The molecule has 3 rings (SSSR count). The molecule has 2 heterocycles. The van der Waals surface area contributed by atoms with Gasteiger partial charge >= 0.3 is 0 Å². The summed E-state index contributed by atoms with van der Waals surface area (Å²) < 4.78 is 5.31. The minimum Gasteiger partial charge on any atom is -0.505 e. The second kappa shape index (κ2) is 5.13. The zero-order valence-corrected chi connectivity index (χ0v) is 10.6. The van der Waals surface area contributed by atoms with E-state index in [0.29, 0.717) is 24.3 Å². The van der Waals surface area contributed by atoms with Gasteiger partial charge in [0.1, 0.15) is 11.3 Å². The van der Waals surface area contributed by atoms with E-state index < -0.39 is 0 Å². The van der Waals surface area contributed by atoms with Gasteiger partial charge in [0, 0.05) is 30.2 Å². The van der Waals surface area contributed by atoms with Crippen LogP contribution >= 0.6 is 0 Å². The fraction of sp³-hybridized carbons (Fsp3) is 0.357. The summed E-state index contributed by atoms with van der Waals surface area (Å²) in [6.07, 6.45) is 1.35. The van der Waals surface area contributed by atoms with Crippen molar-refractivity contribution >= 4 is 10.9 Å². The van der Waals surface area contributed by atoms with Gasteiger partial charge in [0.2, 0.25) is 0 Å². The highest BCUT2D eigenvalue weighted by Gasteiger charge is 2.22. The first-order valence-corrected chi connectivity index (χ1v) is 6.41. The standard InChI is InChI=1S/C14H17N3O2/c15-14(17-6-8-19-9-7-17)11-4-3-10-2-1-5-16-12(10)13(11)18/h1-5,14,18H,6-9,15H2. The SMILES string of the molecule is NC(c1ccc2cccnc2c1O)N1CCOCC1. The summed E-state index contributed by atoms with van der Waals surface area (Å²) in [7, 11) is 0. The number of nitrogens with two attached hydrogens (primary N) is 1. The Balaban J connectivity index is 1.97. The van der Waals surface area contributed by atoms with E-state index in [1.807, 2.05) is 24.3 Å². The van der Waals surface area contributed by atoms with E-state index in [1.165, 1.54) is 0 Å². The Morgan fingerprint density at radius 1 is 1.26 bits per heavy atom. The fourth-order valence-electron chi connectivity index (χ4n) is 2.44. The molecule has 1 aliphatic heterocycles. The molecular weight excluding hydrogens is 242 g/mol. The second-order valence-corrected chi connectivity index (χ2v) is 4.67. The maximum Gasteiger partial charge on any atom is 0.147 e. The molecule has 0 radical (unpaired) electrons. The molecule has 1 aliphatic rings. The molecule has 1 fully saturated rings. The van der Waals surface area contributed by atoms with Gasteiger partial charge in [-0.25, -0.2) is 0 Å². The summed E-state index contributed by atoms with van der Waals surface area (Å²) in [6, 6.07) is 7.59. The smallest absolute Gasteiger partial charge is 0.147 e. The van der Waals surface area contributed by atoms with Crippen LogP contribution in [0.1, 0.15) is 11.7 Å². The molecule has 19 heavy (non-hydrogen) atoms. The maximum absolute atomic E-state index is 10.4. The van der Waals surface area contributed by atoms with Crippen LogP contribution in [0.2, 0.25) is 0 Å². The molecule has 5 nitrogen and oxygen atoms in total. The van der Waals surface area contributed by atoms with E-state index in [2.05, 4.69) is 9.88 Å². The fourth-order valence-corrected chi connectivity index (χ4v) is 2.44. The van der Waals surface area contributed by atoms with Gasteiger partial charge in [-0.15, -0.1) is 0 Å². The van der Waals surface area contributed by atoms with Crippen LogP contribution in [0.4, 0.5) is 0 Å². The minimum atomic E-state index is -0.324. The van der Waals surface area contributed by atoms with Crippen molar-refractivity contribution in [3.05, 3.63) is 36.0 Å². The lowest BCUT2D eigenvalue weighted by atomic mass is 10.1. The van der Waals surface area contributed by atoms with Crippen molar-refractivity contribution in [1.29, 1.82) is 0 Å². The zero-order chi connectivity index (χ0) is 13.2.